The molecular formula is C21H18N2O6S. The van der Waals surface area contributed by atoms with Gasteiger partial charge in [-0.3, -0.25) is 4.79 Å². The minimum atomic E-state index is -1.07. The maximum Gasteiger partial charge on any atom is 0.344 e. The van der Waals surface area contributed by atoms with Gasteiger partial charge in [0.25, 0.3) is 5.91 Å². The van der Waals surface area contributed by atoms with E-state index in [1.54, 1.807) is 49.4 Å². The van der Waals surface area contributed by atoms with Crippen LogP contribution in [0.5, 0.6) is 5.75 Å². The van der Waals surface area contributed by atoms with Crippen molar-refractivity contribution in [3.8, 4) is 5.75 Å². The Morgan fingerprint density at radius 3 is 2.67 bits per heavy atom. The lowest BCUT2D eigenvalue weighted by Gasteiger charge is -2.15. The summed E-state index contributed by atoms with van der Waals surface area (Å²) >= 11 is 1.09. The summed E-state index contributed by atoms with van der Waals surface area (Å²) in [7, 11) is 0. The minimum absolute atomic E-state index is 0.0944. The van der Waals surface area contributed by atoms with Crippen LogP contribution in [0, 0.1) is 0 Å². The molecule has 9 heteroatoms. The number of nitrogens with zero attached hydrogens (tertiary/aromatic N) is 1. The third-order valence-electron chi connectivity index (χ3n) is 4.10. The number of amidine groups is 1. The van der Waals surface area contributed by atoms with E-state index in [4.69, 9.17) is 9.84 Å². The fourth-order valence-corrected chi connectivity index (χ4v) is 3.45. The Balaban J connectivity index is 1.84. The lowest BCUT2D eigenvalue weighted by molar-refractivity contribution is -0.145. The molecule has 1 unspecified atom stereocenters. The van der Waals surface area contributed by atoms with E-state index in [-0.39, 0.29) is 11.5 Å². The third-order valence-corrected chi connectivity index (χ3v) is 5.01. The van der Waals surface area contributed by atoms with Gasteiger partial charge in [-0.1, -0.05) is 31.2 Å². The summed E-state index contributed by atoms with van der Waals surface area (Å²) in [6, 6.07) is 12.9. The van der Waals surface area contributed by atoms with Crippen LogP contribution in [0.3, 0.4) is 0 Å². The van der Waals surface area contributed by atoms with Crippen molar-refractivity contribution >= 4 is 46.5 Å². The number of rotatable bonds is 7. The van der Waals surface area contributed by atoms with Crippen LogP contribution in [0.4, 0.5) is 5.69 Å². The van der Waals surface area contributed by atoms with E-state index in [9.17, 15) is 19.5 Å². The molecule has 3 rings (SSSR count). The Kier molecular flexibility index (Phi) is 6.53. The molecule has 1 atom stereocenters. The second-order valence-corrected chi connectivity index (χ2v) is 7.26. The van der Waals surface area contributed by atoms with Crippen LogP contribution in [-0.2, 0) is 9.59 Å². The molecule has 1 saturated heterocycles. The standard InChI is InChI=1S/C21H18N2O6S/c1-2-15(20(27)28)29-16-9-4-3-6-12(16)11-17-18(24)23-21(30-17)22-14-8-5-7-13(10-14)19(25)26/h3-11,15H,2H2,1H3,(H,25,26)(H,27,28)(H,22,23,24)/b17-11-. The van der Waals surface area contributed by atoms with Crippen molar-refractivity contribution in [3.63, 3.8) is 0 Å². The van der Waals surface area contributed by atoms with Crippen LogP contribution in [0.1, 0.15) is 29.3 Å². The van der Waals surface area contributed by atoms with Gasteiger partial charge in [0.1, 0.15) is 5.75 Å². The normalized spacial score (nSPS) is 17.0. The molecule has 1 aliphatic rings. The van der Waals surface area contributed by atoms with E-state index in [0.717, 1.165) is 11.8 Å². The summed E-state index contributed by atoms with van der Waals surface area (Å²) in [4.78, 5) is 39.3. The van der Waals surface area contributed by atoms with E-state index >= 15 is 0 Å². The second kappa shape index (κ2) is 9.27. The van der Waals surface area contributed by atoms with Gasteiger partial charge in [-0.25, -0.2) is 14.6 Å². The quantitative estimate of drug-likeness (QED) is 0.579. The Hall–Kier alpha value is -3.59. The summed E-state index contributed by atoms with van der Waals surface area (Å²) in [5, 5.41) is 21.2. The maximum atomic E-state index is 12.3. The summed E-state index contributed by atoms with van der Waals surface area (Å²) in [5.74, 6) is -2.14. The van der Waals surface area contributed by atoms with Crippen molar-refractivity contribution in [2.45, 2.75) is 19.4 Å². The topological polar surface area (TPSA) is 125 Å². The number of nitrogens with one attached hydrogen (secondary N) is 1. The highest BCUT2D eigenvalue weighted by atomic mass is 32.2. The smallest absolute Gasteiger partial charge is 0.344 e. The zero-order chi connectivity index (χ0) is 21.7. The fraction of sp³-hybridized carbons (Fsp3) is 0.143. The average Bonchev–Trinajstić information content (AvgIpc) is 3.05. The third kappa shape index (κ3) is 5.06. The van der Waals surface area contributed by atoms with Gasteiger partial charge in [0.2, 0.25) is 0 Å². The Morgan fingerprint density at radius 1 is 1.20 bits per heavy atom. The van der Waals surface area contributed by atoms with Gasteiger partial charge in [0.15, 0.2) is 11.3 Å². The van der Waals surface area contributed by atoms with E-state index in [2.05, 4.69) is 10.3 Å². The highest BCUT2D eigenvalue weighted by molar-refractivity contribution is 8.18. The van der Waals surface area contributed by atoms with Crippen molar-refractivity contribution in [1.82, 2.24) is 5.32 Å². The number of hydrogen-bond donors (Lipinski definition) is 3. The molecule has 154 valence electrons. The number of carboxylic acid groups (broad SMARTS) is 2. The predicted octanol–water partition coefficient (Wildman–Crippen LogP) is 3.52. The summed E-state index contributed by atoms with van der Waals surface area (Å²) in [6.45, 7) is 1.71. The number of hydrogen-bond acceptors (Lipinski definition) is 6. The minimum Gasteiger partial charge on any atom is -0.479 e. The van der Waals surface area contributed by atoms with Crippen LogP contribution in [0.25, 0.3) is 6.08 Å². The van der Waals surface area contributed by atoms with Crippen LogP contribution in [0.2, 0.25) is 0 Å². The number of benzene rings is 2. The van der Waals surface area contributed by atoms with Gasteiger partial charge < -0.3 is 20.3 Å². The van der Waals surface area contributed by atoms with Crippen LogP contribution >= 0.6 is 11.8 Å². The van der Waals surface area contributed by atoms with Gasteiger partial charge in [-0.2, -0.15) is 0 Å². The molecule has 8 nitrogen and oxygen atoms in total. The number of aliphatic carboxylic acids is 1. The van der Waals surface area contributed by atoms with Crippen molar-refractivity contribution in [3.05, 3.63) is 64.6 Å². The lowest BCUT2D eigenvalue weighted by atomic mass is 10.1. The summed E-state index contributed by atoms with van der Waals surface area (Å²) in [5.41, 5.74) is 1.05. The largest absolute Gasteiger partial charge is 0.479 e. The molecule has 2 aromatic carbocycles. The zero-order valence-corrected chi connectivity index (χ0v) is 16.7. The van der Waals surface area contributed by atoms with E-state index in [1.165, 1.54) is 12.1 Å². The molecule has 0 bridgehead atoms. The second-order valence-electron chi connectivity index (χ2n) is 6.23. The highest BCUT2D eigenvalue weighted by Crippen LogP contribution is 2.31. The number of carbonyl (C=O) groups excluding carboxylic acids is 1. The Bertz CT molecular complexity index is 1060. The monoisotopic (exact) mass is 426 g/mol. The maximum absolute atomic E-state index is 12.3. The first kappa shape index (κ1) is 21.1. The molecule has 0 spiro atoms. The molecule has 1 fully saturated rings. The van der Waals surface area contributed by atoms with Crippen molar-refractivity contribution < 1.29 is 29.3 Å². The van der Waals surface area contributed by atoms with Crippen LogP contribution in [-0.4, -0.2) is 39.3 Å². The number of para-hydroxylation sites is 1. The number of carbonyl (C=O) groups is 3. The number of aliphatic imine (C=N–C) groups is 1. The molecule has 0 aromatic heterocycles. The molecule has 0 radical (unpaired) electrons. The van der Waals surface area contributed by atoms with Crippen molar-refractivity contribution in [1.29, 1.82) is 0 Å². The number of aromatic carboxylic acids is 1. The van der Waals surface area contributed by atoms with Crippen LogP contribution < -0.4 is 10.1 Å². The molecule has 3 N–H and O–H groups in total. The van der Waals surface area contributed by atoms with Gasteiger partial charge in [-0.15, -0.1) is 0 Å². The molecule has 1 heterocycles. The SMILES string of the molecule is CCC(Oc1ccccc1/C=C1\SC(=Nc2cccc(C(=O)O)c2)NC1=O)C(=O)O. The molecule has 0 aliphatic carbocycles. The predicted molar refractivity (Wildman–Crippen MR) is 113 cm³/mol. The van der Waals surface area contributed by atoms with Crippen molar-refractivity contribution in [2.75, 3.05) is 0 Å². The molecular weight excluding hydrogens is 408 g/mol. The molecule has 30 heavy (non-hydrogen) atoms. The van der Waals surface area contributed by atoms with Gasteiger partial charge in [0.05, 0.1) is 16.2 Å². The first-order chi connectivity index (χ1) is 14.4. The number of thioether (sulfide) groups is 1. The Labute approximate surface area is 176 Å². The van der Waals surface area contributed by atoms with Gasteiger partial charge in [-0.05, 0) is 48.5 Å². The van der Waals surface area contributed by atoms with Crippen LogP contribution in [0.15, 0.2) is 58.4 Å². The fourth-order valence-electron chi connectivity index (χ4n) is 2.62. The first-order valence-corrected chi connectivity index (χ1v) is 9.80. The zero-order valence-electron chi connectivity index (χ0n) is 15.9. The molecule has 1 amide bonds. The van der Waals surface area contributed by atoms with E-state index in [1.807, 2.05) is 0 Å². The van der Waals surface area contributed by atoms with Crippen molar-refractivity contribution in [2.24, 2.45) is 4.99 Å². The Morgan fingerprint density at radius 2 is 1.97 bits per heavy atom. The van der Waals surface area contributed by atoms with Gasteiger partial charge >= 0.3 is 11.9 Å². The molecule has 1 aliphatic heterocycles. The number of ether oxygens (including phenoxy) is 1. The molecule has 0 saturated carbocycles. The van der Waals surface area contributed by atoms with E-state index in [0.29, 0.717) is 33.5 Å². The van der Waals surface area contributed by atoms with E-state index < -0.39 is 18.0 Å². The number of amides is 1. The lowest BCUT2D eigenvalue weighted by Crippen LogP contribution is -2.26. The van der Waals surface area contributed by atoms with Gasteiger partial charge in [0, 0.05) is 5.56 Å². The summed E-state index contributed by atoms with van der Waals surface area (Å²) < 4.78 is 5.59. The first-order valence-electron chi connectivity index (χ1n) is 8.98. The summed E-state index contributed by atoms with van der Waals surface area (Å²) in [6.07, 6.45) is 0.898. The number of carboxylic acids is 2. The molecule has 2 aromatic rings. The average molecular weight is 426 g/mol. The highest BCUT2D eigenvalue weighted by Gasteiger charge is 2.25.